The SMILES string of the molecule is CC[C@@H]1CCC[C@@]1(N[C@H](C)c1ccccc1)C(N)=O. The fourth-order valence-electron chi connectivity index (χ4n) is 3.43. The Labute approximate surface area is 115 Å². The number of benzene rings is 1. The summed E-state index contributed by atoms with van der Waals surface area (Å²) in [6.07, 6.45) is 4.03. The molecule has 0 heterocycles. The number of nitrogens with two attached hydrogens (primary N) is 1. The largest absolute Gasteiger partial charge is 0.368 e. The van der Waals surface area contributed by atoms with E-state index in [-0.39, 0.29) is 11.9 Å². The zero-order valence-corrected chi connectivity index (χ0v) is 11.9. The summed E-state index contributed by atoms with van der Waals surface area (Å²) in [4.78, 5) is 12.0. The second kappa shape index (κ2) is 5.74. The van der Waals surface area contributed by atoms with Gasteiger partial charge >= 0.3 is 0 Å². The Morgan fingerprint density at radius 3 is 2.74 bits per heavy atom. The predicted molar refractivity (Wildman–Crippen MR) is 77.6 cm³/mol. The van der Waals surface area contributed by atoms with Crippen molar-refractivity contribution < 1.29 is 4.79 Å². The molecule has 3 N–H and O–H groups in total. The molecule has 1 aliphatic rings. The monoisotopic (exact) mass is 260 g/mol. The van der Waals surface area contributed by atoms with Crippen molar-refractivity contribution in [1.29, 1.82) is 0 Å². The normalized spacial score (nSPS) is 28.2. The average molecular weight is 260 g/mol. The summed E-state index contributed by atoms with van der Waals surface area (Å²) in [6.45, 7) is 4.24. The van der Waals surface area contributed by atoms with E-state index in [2.05, 4.69) is 31.3 Å². The Morgan fingerprint density at radius 1 is 1.47 bits per heavy atom. The summed E-state index contributed by atoms with van der Waals surface area (Å²) in [5.41, 5.74) is 6.40. The molecule has 0 unspecified atom stereocenters. The van der Waals surface area contributed by atoms with E-state index in [1.807, 2.05) is 18.2 Å². The number of carbonyl (C=O) groups is 1. The average Bonchev–Trinajstić information content (AvgIpc) is 2.83. The van der Waals surface area contributed by atoms with Crippen LogP contribution in [0.5, 0.6) is 0 Å². The van der Waals surface area contributed by atoms with Gasteiger partial charge in [-0.3, -0.25) is 10.1 Å². The number of primary amides is 1. The van der Waals surface area contributed by atoms with Crippen molar-refractivity contribution in [3.05, 3.63) is 35.9 Å². The van der Waals surface area contributed by atoms with Crippen LogP contribution >= 0.6 is 0 Å². The molecule has 0 aliphatic heterocycles. The number of hydrogen-bond donors (Lipinski definition) is 2. The molecule has 0 spiro atoms. The second-order valence-corrected chi connectivity index (χ2v) is 5.61. The standard InChI is InChI=1S/C16H24N2O/c1-3-14-10-7-11-16(14,15(17)19)18-12(2)13-8-5-4-6-9-13/h4-6,8-9,12,14,18H,3,7,10-11H2,1-2H3,(H2,17,19)/t12-,14-,16+/m1/s1. The van der Waals surface area contributed by atoms with Gasteiger partial charge in [-0.25, -0.2) is 0 Å². The van der Waals surface area contributed by atoms with Crippen LogP contribution in [0.25, 0.3) is 0 Å². The van der Waals surface area contributed by atoms with E-state index in [4.69, 9.17) is 5.73 Å². The quantitative estimate of drug-likeness (QED) is 0.855. The van der Waals surface area contributed by atoms with Crippen LogP contribution in [0.15, 0.2) is 30.3 Å². The molecule has 1 aromatic carbocycles. The first kappa shape index (κ1) is 14.1. The lowest BCUT2D eigenvalue weighted by atomic mass is 9.83. The maximum Gasteiger partial charge on any atom is 0.238 e. The number of nitrogens with one attached hydrogen (secondary N) is 1. The summed E-state index contributed by atoms with van der Waals surface area (Å²) < 4.78 is 0. The van der Waals surface area contributed by atoms with Crippen LogP contribution in [0.4, 0.5) is 0 Å². The fourth-order valence-corrected chi connectivity index (χ4v) is 3.43. The molecule has 2 rings (SSSR count). The van der Waals surface area contributed by atoms with E-state index in [0.29, 0.717) is 5.92 Å². The van der Waals surface area contributed by atoms with Crippen molar-refractivity contribution in [2.45, 2.75) is 51.1 Å². The Balaban J connectivity index is 2.20. The highest BCUT2D eigenvalue weighted by Gasteiger charge is 2.47. The zero-order valence-electron chi connectivity index (χ0n) is 11.9. The highest BCUT2D eigenvalue weighted by molar-refractivity contribution is 5.85. The molecule has 3 nitrogen and oxygen atoms in total. The van der Waals surface area contributed by atoms with Gasteiger partial charge < -0.3 is 5.73 Å². The lowest BCUT2D eigenvalue weighted by molar-refractivity contribution is -0.126. The first-order chi connectivity index (χ1) is 9.10. The van der Waals surface area contributed by atoms with Gasteiger partial charge in [0.2, 0.25) is 5.91 Å². The van der Waals surface area contributed by atoms with Crippen molar-refractivity contribution >= 4 is 5.91 Å². The summed E-state index contributed by atoms with van der Waals surface area (Å²) >= 11 is 0. The molecule has 3 heteroatoms. The van der Waals surface area contributed by atoms with Gasteiger partial charge in [-0.2, -0.15) is 0 Å². The molecule has 1 aliphatic carbocycles. The summed E-state index contributed by atoms with van der Waals surface area (Å²) in [6, 6.07) is 10.4. The minimum absolute atomic E-state index is 0.140. The molecule has 0 radical (unpaired) electrons. The lowest BCUT2D eigenvalue weighted by Crippen LogP contribution is -2.58. The number of hydrogen-bond acceptors (Lipinski definition) is 2. The molecule has 0 saturated heterocycles. The van der Waals surface area contributed by atoms with E-state index in [1.54, 1.807) is 0 Å². The number of rotatable bonds is 5. The molecule has 0 aromatic heterocycles. The Morgan fingerprint density at radius 2 is 2.16 bits per heavy atom. The summed E-state index contributed by atoms with van der Waals surface area (Å²) in [5.74, 6) is 0.163. The topological polar surface area (TPSA) is 55.1 Å². The van der Waals surface area contributed by atoms with Crippen molar-refractivity contribution in [2.24, 2.45) is 11.7 Å². The van der Waals surface area contributed by atoms with Gasteiger partial charge in [-0.1, -0.05) is 50.1 Å². The molecule has 1 saturated carbocycles. The van der Waals surface area contributed by atoms with E-state index in [9.17, 15) is 4.79 Å². The van der Waals surface area contributed by atoms with Crippen LogP contribution in [0.3, 0.4) is 0 Å². The smallest absolute Gasteiger partial charge is 0.238 e. The maximum absolute atomic E-state index is 12.0. The summed E-state index contributed by atoms with van der Waals surface area (Å²) in [7, 11) is 0. The van der Waals surface area contributed by atoms with E-state index in [1.165, 1.54) is 5.56 Å². The third-order valence-corrected chi connectivity index (χ3v) is 4.53. The van der Waals surface area contributed by atoms with Crippen molar-refractivity contribution in [2.75, 3.05) is 0 Å². The van der Waals surface area contributed by atoms with E-state index < -0.39 is 5.54 Å². The van der Waals surface area contributed by atoms with Gasteiger partial charge in [-0.15, -0.1) is 0 Å². The zero-order chi connectivity index (χ0) is 13.9. The van der Waals surface area contributed by atoms with Crippen LogP contribution < -0.4 is 11.1 Å². The van der Waals surface area contributed by atoms with E-state index >= 15 is 0 Å². The molecular weight excluding hydrogens is 236 g/mol. The molecule has 1 amide bonds. The molecule has 0 bridgehead atoms. The Kier molecular flexibility index (Phi) is 4.25. The van der Waals surface area contributed by atoms with Crippen molar-refractivity contribution in [3.8, 4) is 0 Å². The molecular formula is C16H24N2O. The molecule has 19 heavy (non-hydrogen) atoms. The molecule has 104 valence electrons. The van der Waals surface area contributed by atoms with Gasteiger partial charge in [0.05, 0.1) is 0 Å². The Bertz CT molecular complexity index is 432. The third kappa shape index (κ3) is 2.66. The van der Waals surface area contributed by atoms with Gasteiger partial charge in [0.1, 0.15) is 5.54 Å². The third-order valence-electron chi connectivity index (χ3n) is 4.53. The molecule has 1 fully saturated rings. The van der Waals surface area contributed by atoms with Crippen LogP contribution in [0.2, 0.25) is 0 Å². The van der Waals surface area contributed by atoms with Crippen LogP contribution in [0, 0.1) is 5.92 Å². The van der Waals surface area contributed by atoms with Crippen LogP contribution in [-0.4, -0.2) is 11.4 Å². The highest BCUT2D eigenvalue weighted by atomic mass is 16.1. The first-order valence-corrected chi connectivity index (χ1v) is 7.22. The summed E-state index contributed by atoms with van der Waals surface area (Å²) in [5, 5.41) is 3.53. The molecule has 1 aromatic rings. The highest BCUT2D eigenvalue weighted by Crippen LogP contribution is 2.39. The van der Waals surface area contributed by atoms with Gasteiger partial charge in [0.25, 0.3) is 0 Å². The second-order valence-electron chi connectivity index (χ2n) is 5.61. The molecule has 3 atom stereocenters. The Hall–Kier alpha value is -1.35. The van der Waals surface area contributed by atoms with Crippen LogP contribution in [-0.2, 0) is 4.79 Å². The minimum atomic E-state index is -0.524. The van der Waals surface area contributed by atoms with Gasteiger partial charge in [0, 0.05) is 6.04 Å². The predicted octanol–water partition coefficient (Wildman–Crippen LogP) is 2.77. The first-order valence-electron chi connectivity index (χ1n) is 7.22. The van der Waals surface area contributed by atoms with Crippen molar-refractivity contribution in [1.82, 2.24) is 5.32 Å². The number of carbonyl (C=O) groups excluding carboxylic acids is 1. The maximum atomic E-state index is 12.0. The van der Waals surface area contributed by atoms with Crippen molar-refractivity contribution in [3.63, 3.8) is 0 Å². The van der Waals surface area contributed by atoms with E-state index in [0.717, 1.165) is 25.7 Å². The lowest BCUT2D eigenvalue weighted by Gasteiger charge is -2.36. The van der Waals surface area contributed by atoms with Gasteiger partial charge in [0.15, 0.2) is 0 Å². The fraction of sp³-hybridized carbons (Fsp3) is 0.562. The van der Waals surface area contributed by atoms with Gasteiger partial charge in [-0.05, 0) is 31.2 Å². The minimum Gasteiger partial charge on any atom is -0.368 e. The van der Waals surface area contributed by atoms with Crippen LogP contribution in [0.1, 0.15) is 51.1 Å². The number of amides is 1.